The van der Waals surface area contributed by atoms with Crippen molar-refractivity contribution in [2.24, 2.45) is 5.73 Å². The van der Waals surface area contributed by atoms with Gasteiger partial charge >= 0.3 is 0 Å². The number of halogens is 2. The Morgan fingerprint density at radius 1 is 1.25 bits per heavy atom. The zero-order valence-electron chi connectivity index (χ0n) is 9.55. The summed E-state index contributed by atoms with van der Waals surface area (Å²) in [6.45, 7) is 2.32. The second-order valence-corrected chi connectivity index (χ2v) is 3.93. The van der Waals surface area contributed by atoms with Gasteiger partial charge in [0.05, 0.1) is 0 Å². The molecule has 4 heteroatoms. The number of nitrogens with two attached hydrogens (primary N) is 1. The van der Waals surface area contributed by atoms with Gasteiger partial charge < -0.3 is 10.6 Å². The Kier molecular flexibility index (Phi) is 5.35. The van der Waals surface area contributed by atoms with Crippen LogP contribution in [0.3, 0.4) is 0 Å². The molecule has 0 bridgehead atoms. The lowest BCUT2D eigenvalue weighted by Gasteiger charge is -2.16. The van der Waals surface area contributed by atoms with Crippen LogP contribution in [0.2, 0.25) is 0 Å². The smallest absolute Gasteiger partial charge is 0.129 e. The fraction of sp³-hybridized carbons (Fsp3) is 0.500. The summed E-state index contributed by atoms with van der Waals surface area (Å²) in [5.74, 6) is -0.995. The third-order valence-electron chi connectivity index (χ3n) is 2.52. The first-order valence-corrected chi connectivity index (χ1v) is 5.46. The van der Waals surface area contributed by atoms with E-state index in [-0.39, 0.29) is 0 Å². The first kappa shape index (κ1) is 13.1. The van der Waals surface area contributed by atoms with Crippen LogP contribution >= 0.6 is 0 Å². The molecule has 0 aromatic heterocycles. The van der Waals surface area contributed by atoms with Crippen molar-refractivity contribution in [1.29, 1.82) is 0 Å². The predicted molar refractivity (Wildman–Crippen MR) is 61.2 cm³/mol. The lowest BCUT2D eigenvalue weighted by Crippen LogP contribution is -2.24. The predicted octanol–water partition coefficient (Wildman–Crippen LogP) is 1.79. The first-order valence-electron chi connectivity index (χ1n) is 5.46. The Balaban J connectivity index is 2.42. The third-order valence-corrected chi connectivity index (χ3v) is 2.52. The highest BCUT2D eigenvalue weighted by molar-refractivity contribution is 5.18. The normalized spacial score (nSPS) is 11.1. The fourth-order valence-corrected chi connectivity index (χ4v) is 1.51. The van der Waals surface area contributed by atoms with Gasteiger partial charge in [0.1, 0.15) is 11.6 Å². The van der Waals surface area contributed by atoms with Crippen molar-refractivity contribution in [2.45, 2.75) is 12.8 Å². The third kappa shape index (κ3) is 4.24. The van der Waals surface area contributed by atoms with Crippen LogP contribution in [-0.4, -0.2) is 31.6 Å². The summed E-state index contributed by atoms with van der Waals surface area (Å²) in [6.07, 6.45) is 1.52. The standard InChI is InChI=1S/C12H18F2N2/c1-16(7-2-6-15)8-5-10-3-4-11(13)9-12(10)14/h3-4,9H,2,5-8,15H2,1H3. The average molecular weight is 228 g/mol. The number of rotatable bonds is 6. The van der Waals surface area contributed by atoms with E-state index in [2.05, 4.69) is 4.90 Å². The molecule has 0 radical (unpaired) electrons. The highest BCUT2D eigenvalue weighted by Crippen LogP contribution is 2.10. The summed E-state index contributed by atoms with van der Waals surface area (Å²) >= 11 is 0. The minimum Gasteiger partial charge on any atom is -0.330 e. The molecule has 0 fully saturated rings. The van der Waals surface area contributed by atoms with E-state index < -0.39 is 11.6 Å². The number of hydrogen-bond donors (Lipinski definition) is 1. The molecule has 0 unspecified atom stereocenters. The van der Waals surface area contributed by atoms with Crippen molar-refractivity contribution >= 4 is 0 Å². The van der Waals surface area contributed by atoms with Gasteiger partial charge in [-0.3, -0.25) is 0 Å². The molecule has 0 atom stereocenters. The highest BCUT2D eigenvalue weighted by Gasteiger charge is 2.05. The van der Waals surface area contributed by atoms with Crippen LogP contribution in [0.15, 0.2) is 18.2 Å². The molecule has 1 aromatic carbocycles. The number of hydrogen-bond acceptors (Lipinski definition) is 2. The molecule has 0 aliphatic carbocycles. The zero-order chi connectivity index (χ0) is 12.0. The molecule has 0 amide bonds. The van der Waals surface area contributed by atoms with E-state index >= 15 is 0 Å². The molecule has 0 aliphatic heterocycles. The lowest BCUT2D eigenvalue weighted by molar-refractivity contribution is 0.334. The molecule has 90 valence electrons. The van der Waals surface area contributed by atoms with Crippen LogP contribution in [0, 0.1) is 11.6 Å². The van der Waals surface area contributed by atoms with Crippen molar-refractivity contribution in [3.63, 3.8) is 0 Å². The molecular formula is C12H18F2N2. The monoisotopic (exact) mass is 228 g/mol. The maximum atomic E-state index is 13.3. The van der Waals surface area contributed by atoms with E-state index in [0.29, 0.717) is 18.5 Å². The van der Waals surface area contributed by atoms with Crippen molar-refractivity contribution in [3.8, 4) is 0 Å². The number of likely N-dealkylation sites (N-methyl/N-ethyl adjacent to an activating group) is 1. The summed E-state index contributed by atoms with van der Waals surface area (Å²) in [5.41, 5.74) is 5.95. The minimum absolute atomic E-state index is 0.466. The Morgan fingerprint density at radius 2 is 2.00 bits per heavy atom. The molecule has 2 N–H and O–H groups in total. The summed E-state index contributed by atoms with van der Waals surface area (Å²) < 4.78 is 25.9. The van der Waals surface area contributed by atoms with Crippen molar-refractivity contribution in [1.82, 2.24) is 4.90 Å². The van der Waals surface area contributed by atoms with Gasteiger partial charge in [0.2, 0.25) is 0 Å². The molecule has 1 aromatic rings. The molecule has 0 saturated heterocycles. The van der Waals surface area contributed by atoms with Crippen molar-refractivity contribution in [3.05, 3.63) is 35.4 Å². The fourth-order valence-electron chi connectivity index (χ4n) is 1.51. The molecule has 0 aliphatic rings. The Morgan fingerprint density at radius 3 is 2.62 bits per heavy atom. The van der Waals surface area contributed by atoms with Crippen LogP contribution in [-0.2, 0) is 6.42 Å². The molecule has 1 rings (SSSR count). The maximum absolute atomic E-state index is 13.3. The van der Waals surface area contributed by atoms with Gasteiger partial charge in [0.15, 0.2) is 0 Å². The lowest BCUT2D eigenvalue weighted by atomic mass is 10.1. The van der Waals surface area contributed by atoms with Gasteiger partial charge in [-0.2, -0.15) is 0 Å². The second-order valence-electron chi connectivity index (χ2n) is 3.93. The Hall–Kier alpha value is -1.00. The topological polar surface area (TPSA) is 29.3 Å². The Labute approximate surface area is 95.1 Å². The van der Waals surface area contributed by atoms with Gasteiger partial charge in [-0.05, 0) is 44.6 Å². The van der Waals surface area contributed by atoms with Crippen LogP contribution in [0.5, 0.6) is 0 Å². The van der Waals surface area contributed by atoms with Gasteiger partial charge in [-0.15, -0.1) is 0 Å². The average Bonchev–Trinajstić information content (AvgIpc) is 2.25. The molecule has 2 nitrogen and oxygen atoms in total. The first-order chi connectivity index (χ1) is 7.63. The van der Waals surface area contributed by atoms with Crippen LogP contribution < -0.4 is 5.73 Å². The molecule has 0 heterocycles. The van der Waals surface area contributed by atoms with E-state index in [9.17, 15) is 8.78 Å². The van der Waals surface area contributed by atoms with Gasteiger partial charge in [-0.1, -0.05) is 6.07 Å². The van der Waals surface area contributed by atoms with Crippen LogP contribution in [0.4, 0.5) is 8.78 Å². The molecule has 0 spiro atoms. The van der Waals surface area contributed by atoms with Crippen LogP contribution in [0.25, 0.3) is 0 Å². The quantitative estimate of drug-likeness (QED) is 0.804. The summed E-state index contributed by atoms with van der Waals surface area (Å²) in [7, 11) is 1.97. The largest absolute Gasteiger partial charge is 0.330 e. The zero-order valence-corrected chi connectivity index (χ0v) is 9.55. The minimum atomic E-state index is -0.530. The number of benzene rings is 1. The van der Waals surface area contributed by atoms with E-state index in [1.807, 2.05) is 7.05 Å². The number of nitrogens with zero attached hydrogens (tertiary/aromatic N) is 1. The maximum Gasteiger partial charge on any atom is 0.129 e. The van der Waals surface area contributed by atoms with Crippen LogP contribution in [0.1, 0.15) is 12.0 Å². The van der Waals surface area contributed by atoms with Crippen molar-refractivity contribution < 1.29 is 8.78 Å². The van der Waals surface area contributed by atoms with E-state index in [1.54, 1.807) is 0 Å². The highest BCUT2D eigenvalue weighted by atomic mass is 19.1. The molecular weight excluding hydrogens is 210 g/mol. The summed E-state index contributed by atoms with van der Waals surface area (Å²) in [5, 5.41) is 0. The van der Waals surface area contributed by atoms with Gasteiger partial charge in [-0.25, -0.2) is 8.78 Å². The van der Waals surface area contributed by atoms with Crippen molar-refractivity contribution in [2.75, 3.05) is 26.7 Å². The van der Waals surface area contributed by atoms with Gasteiger partial charge in [0, 0.05) is 12.6 Å². The molecule has 16 heavy (non-hydrogen) atoms. The van der Waals surface area contributed by atoms with E-state index in [1.165, 1.54) is 12.1 Å². The Bertz CT molecular complexity index is 329. The van der Waals surface area contributed by atoms with Gasteiger partial charge in [0.25, 0.3) is 0 Å². The second kappa shape index (κ2) is 6.55. The summed E-state index contributed by atoms with van der Waals surface area (Å²) in [6, 6.07) is 3.72. The van der Waals surface area contributed by atoms with E-state index in [0.717, 1.165) is 25.6 Å². The SMILES string of the molecule is CN(CCCN)CCc1ccc(F)cc1F. The molecule has 0 saturated carbocycles. The van der Waals surface area contributed by atoms with E-state index in [4.69, 9.17) is 5.73 Å². The summed E-state index contributed by atoms with van der Waals surface area (Å²) in [4.78, 5) is 2.09.